The van der Waals surface area contributed by atoms with Crippen molar-refractivity contribution in [1.29, 1.82) is 0 Å². The van der Waals surface area contributed by atoms with Crippen molar-refractivity contribution < 1.29 is 4.79 Å². The quantitative estimate of drug-likeness (QED) is 0.914. The van der Waals surface area contributed by atoms with Crippen molar-refractivity contribution in [3.63, 3.8) is 0 Å². The molecule has 2 aliphatic carbocycles. The molecule has 4 heteroatoms. The zero-order chi connectivity index (χ0) is 13.9. The molecule has 2 aliphatic rings. The van der Waals surface area contributed by atoms with Crippen LogP contribution in [0, 0.1) is 5.92 Å². The molecular formula is C16H23N3O. The molecule has 1 heterocycles. The first-order chi connectivity index (χ1) is 9.74. The lowest BCUT2D eigenvalue weighted by Gasteiger charge is -2.31. The topological polar surface area (TPSA) is 59.2 Å². The molecule has 2 fully saturated rings. The van der Waals surface area contributed by atoms with Crippen molar-refractivity contribution in [2.24, 2.45) is 11.7 Å². The Bertz CT molecular complexity index is 450. The first-order valence-corrected chi connectivity index (χ1v) is 7.70. The summed E-state index contributed by atoms with van der Waals surface area (Å²) in [5.74, 6) is 0.504. The van der Waals surface area contributed by atoms with Crippen LogP contribution in [0.5, 0.6) is 0 Å². The lowest BCUT2D eigenvalue weighted by molar-refractivity contribution is -0.138. The Hall–Kier alpha value is -1.42. The molecule has 4 nitrogen and oxygen atoms in total. The van der Waals surface area contributed by atoms with Gasteiger partial charge in [-0.1, -0.05) is 6.07 Å². The molecular weight excluding hydrogens is 250 g/mol. The smallest absolute Gasteiger partial charge is 0.226 e. The molecule has 1 aromatic rings. The Morgan fingerprint density at radius 1 is 1.20 bits per heavy atom. The normalized spacial score (nSPS) is 26.2. The largest absolute Gasteiger partial charge is 0.334 e. The molecule has 2 saturated carbocycles. The molecule has 20 heavy (non-hydrogen) atoms. The maximum absolute atomic E-state index is 12.7. The van der Waals surface area contributed by atoms with E-state index in [0.29, 0.717) is 24.5 Å². The number of aromatic nitrogens is 1. The van der Waals surface area contributed by atoms with Crippen molar-refractivity contribution in [2.75, 3.05) is 0 Å². The van der Waals surface area contributed by atoms with E-state index in [0.717, 1.165) is 44.2 Å². The Morgan fingerprint density at radius 3 is 2.55 bits per heavy atom. The predicted molar refractivity (Wildman–Crippen MR) is 77.7 cm³/mol. The van der Waals surface area contributed by atoms with E-state index in [1.54, 1.807) is 6.20 Å². The average molecular weight is 273 g/mol. The highest BCUT2D eigenvalue weighted by Gasteiger charge is 2.36. The molecule has 3 rings (SSSR count). The molecule has 0 aromatic carbocycles. The molecule has 0 saturated heterocycles. The Labute approximate surface area is 120 Å². The SMILES string of the molecule is NC1CCC(C(=O)N(Cc2ccccn2)C2CC2)CC1. The standard InChI is InChI=1S/C16H23N3O/c17-13-6-4-12(5-7-13)16(20)19(15-8-9-15)11-14-3-1-2-10-18-14/h1-3,10,12-13,15H,4-9,11,17H2. The van der Waals surface area contributed by atoms with Crippen molar-refractivity contribution in [3.8, 4) is 0 Å². The van der Waals surface area contributed by atoms with Crippen LogP contribution < -0.4 is 5.73 Å². The van der Waals surface area contributed by atoms with Crippen LogP contribution in [0.1, 0.15) is 44.2 Å². The zero-order valence-electron chi connectivity index (χ0n) is 11.9. The predicted octanol–water partition coefficient (Wildman–Crippen LogP) is 2.09. The van der Waals surface area contributed by atoms with Crippen molar-refractivity contribution in [3.05, 3.63) is 30.1 Å². The Morgan fingerprint density at radius 2 is 1.95 bits per heavy atom. The van der Waals surface area contributed by atoms with Gasteiger partial charge in [-0.2, -0.15) is 0 Å². The number of hydrogen-bond donors (Lipinski definition) is 1. The van der Waals surface area contributed by atoms with E-state index in [2.05, 4.69) is 9.88 Å². The minimum absolute atomic E-state index is 0.180. The summed E-state index contributed by atoms with van der Waals surface area (Å²) < 4.78 is 0. The fraction of sp³-hybridized carbons (Fsp3) is 0.625. The number of carbonyl (C=O) groups is 1. The van der Waals surface area contributed by atoms with E-state index in [-0.39, 0.29) is 5.92 Å². The summed E-state index contributed by atoms with van der Waals surface area (Å²) in [5.41, 5.74) is 6.92. The number of pyridine rings is 1. The second-order valence-corrected chi connectivity index (χ2v) is 6.13. The number of nitrogens with zero attached hydrogens (tertiary/aromatic N) is 2. The molecule has 0 unspecified atom stereocenters. The monoisotopic (exact) mass is 273 g/mol. The summed E-state index contributed by atoms with van der Waals surface area (Å²) in [6.45, 7) is 0.660. The third-order valence-electron chi connectivity index (χ3n) is 4.45. The molecule has 0 radical (unpaired) electrons. The molecule has 1 amide bonds. The van der Waals surface area contributed by atoms with Gasteiger partial charge in [0.25, 0.3) is 0 Å². The van der Waals surface area contributed by atoms with Gasteiger partial charge in [0, 0.05) is 24.2 Å². The van der Waals surface area contributed by atoms with E-state index >= 15 is 0 Å². The van der Waals surface area contributed by atoms with Crippen LogP contribution in [0.15, 0.2) is 24.4 Å². The van der Waals surface area contributed by atoms with Gasteiger partial charge in [-0.05, 0) is 50.7 Å². The highest BCUT2D eigenvalue weighted by atomic mass is 16.2. The molecule has 2 N–H and O–H groups in total. The van der Waals surface area contributed by atoms with Gasteiger partial charge < -0.3 is 10.6 Å². The first-order valence-electron chi connectivity index (χ1n) is 7.70. The van der Waals surface area contributed by atoms with Crippen molar-refractivity contribution >= 4 is 5.91 Å². The van der Waals surface area contributed by atoms with Gasteiger partial charge in [0.2, 0.25) is 5.91 Å². The molecule has 1 aromatic heterocycles. The van der Waals surface area contributed by atoms with E-state index in [4.69, 9.17) is 5.73 Å². The van der Waals surface area contributed by atoms with Gasteiger partial charge in [0.15, 0.2) is 0 Å². The molecule has 108 valence electrons. The Kier molecular flexibility index (Phi) is 4.01. The van der Waals surface area contributed by atoms with Crippen LogP contribution in [0.3, 0.4) is 0 Å². The zero-order valence-corrected chi connectivity index (χ0v) is 11.9. The maximum Gasteiger partial charge on any atom is 0.226 e. The van der Waals surface area contributed by atoms with Crippen LogP contribution in [0.4, 0.5) is 0 Å². The fourth-order valence-corrected chi connectivity index (χ4v) is 3.04. The van der Waals surface area contributed by atoms with E-state index in [1.165, 1.54) is 0 Å². The van der Waals surface area contributed by atoms with Gasteiger partial charge in [-0.3, -0.25) is 9.78 Å². The number of hydrogen-bond acceptors (Lipinski definition) is 3. The van der Waals surface area contributed by atoms with Gasteiger partial charge in [0.05, 0.1) is 12.2 Å². The third-order valence-corrected chi connectivity index (χ3v) is 4.45. The van der Waals surface area contributed by atoms with Crippen LogP contribution in [-0.4, -0.2) is 27.9 Å². The Balaban J connectivity index is 1.66. The molecule has 0 bridgehead atoms. The minimum Gasteiger partial charge on any atom is -0.334 e. The maximum atomic E-state index is 12.7. The van der Waals surface area contributed by atoms with Crippen molar-refractivity contribution in [1.82, 2.24) is 9.88 Å². The van der Waals surface area contributed by atoms with Crippen LogP contribution in [0.2, 0.25) is 0 Å². The van der Waals surface area contributed by atoms with Gasteiger partial charge in [-0.15, -0.1) is 0 Å². The fourth-order valence-electron chi connectivity index (χ4n) is 3.04. The summed E-state index contributed by atoms with van der Waals surface area (Å²) in [6.07, 6.45) is 7.95. The minimum atomic E-state index is 0.180. The van der Waals surface area contributed by atoms with Gasteiger partial charge >= 0.3 is 0 Å². The summed E-state index contributed by atoms with van der Waals surface area (Å²) in [4.78, 5) is 19.2. The molecule has 0 atom stereocenters. The number of nitrogens with two attached hydrogens (primary N) is 1. The third kappa shape index (κ3) is 3.18. The van der Waals surface area contributed by atoms with Crippen LogP contribution in [0.25, 0.3) is 0 Å². The average Bonchev–Trinajstić information content (AvgIpc) is 3.30. The van der Waals surface area contributed by atoms with Crippen LogP contribution in [-0.2, 0) is 11.3 Å². The summed E-state index contributed by atoms with van der Waals surface area (Å²) in [5, 5.41) is 0. The highest BCUT2D eigenvalue weighted by Crippen LogP contribution is 2.32. The van der Waals surface area contributed by atoms with Gasteiger partial charge in [0.1, 0.15) is 0 Å². The molecule has 0 aliphatic heterocycles. The summed E-state index contributed by atoms with van der Waals surface area (Å²) in [6, 6.07) is 6.64. The second kappa shape index (κ2) is 5.92. The second-order valence-electron chi connectivity index (χ2n) is 6.13. The summed E-state index contributed by atoms with van der Waals surface area (Å²) in [7, 11) is 0. The highest BCUT2D eigenvalue weighted by molar-refractivity contribution is 5.79. The van der Waals surface area contributed by atoms with Crippen molar-refractivity contribution in [2.45, 2.75) is 57.2 Å². The molecule has 0 spiro atoms. The van der Waals surface area contributed by atoms with E-state index in [1.807, 2.05) is 18.2 Å². The number of carbonyl (C=O) groups excluding carboxylic acids is 1. The number of rotatable bonds is 4. The van der Waals surface area contributed by atoms with E-state index in [9.17, 15) is 4.79 Å². The van der Waals surface area contributed by atoms with Gasteiger partial charge in [-0.25, -0.2) is 0 Å². The number of amides is 1. The summed E-state index contributed by atoms with van der Waals surface area (Å²) >= 11 is 0. The van der Waals surface area contributed by atoms with E-state index < -0.39 is 0 Å². The first kappa shape index (κ1) is 13.6. The van der Waals surface area contributed by atoms with Crippen LogP contribution >= 0.6 is 0 Å². The lowest BCUT2D eigenvalue weighted by atomic mass is 9.85. The lowest BCUT2D eigenvalue weighted by Crippen LogP contribution is -2.40.